The van der Waals surface area contributed by atoms with Crippen LogP contribution in [-0.4, -0.2) is 5.11 Å². The lowest BCUT2D eigenvalue weighted by Gasteiger charge is -2.10. The molecule has 18 heavy (non-hydrogen) atoms. The molecule has 2 aromatic rings. The molecule has 2 rings (SSSR count). The summed E-state index contributed by atoms with van der Waals surface area (Å²) in [7, 11) is 0. The molecule has 96 valence electrons. The van der Waals surface area contributed by atoms with Crippen molar-refractivity contribution in [1.82, 2.24) is 0 Å². The Morgan fingerprint density at radius 2 is 1.78 bits per heavy atom. The number of thiophene rings is 1. The maximum atomic E-state index is 12.4. The summed E-state index contributed by atoms with van der Waals surface area (Å²) in [6.45, 7) is 0. The Balaban J connectivity index is 2.06. The highest BCUT2D eigenvalue weighted by Crippen LogP contribution is 2.27. The van der Waals surface area contributed by atoms with Gasteiger partial charge in [0.25, 0.3) is 6.43 Å². The first-order valence-corrected chi connectivity index (χ1v) is 7.02. The molecular weight excluding hydrogens is 322 g/mol. The van der Waals surface area contributed by atoms with Crippen molar-refractivity contribution in [3.63, 3.8) is 0 Å². The minimum Gasteiger partial charge on any atom is -0.388 e. The molecule has 0 amide bonds. The summed E-state index contributed by atoms with van der Waals surface area (Å²) in [4.78, 5) is 1.05. The van der Waals surface area contributed by atoms with Crippen molar-refractivity contribution in [2.24, 2.45) is 0 Å². The predicted molar refractivity (Wildman–Crippen MR) is 72.1 cm³/mol. The van der Waals surface area contributed by atoms with Gasteiger partial charge in [-0.1, -0.05) is 24.3 Å². The molecule has 1 atom stereocenters. The zero-order valence-corrected chi connectivity index (χ0v) is 11.7. The summed E-state index contributed by atoms with van der Waals surface area (Å²) in [5.74, 6) is 0. The van der Waals surface area contributed by atoms with E-state index in [1.54, 1.807) is 23.5 Å². The van der Waals surface area contributed by atoms with E-state index < -0.39 is 12.5 Å². The quantitative estimate of drug-likeness (QED) is 0.858. The lowest BCUT2D eigenvalue weighted by molar-refractivity contribution is 0.151. The summed E-state index contributed by atoms with van der Waals surface area (Å²) in [5.41, 5.74) is 0.633. The van der Waals surface area contributed by atoms with E-state index in [9.17, 15) is 13.9 Å². The Bertz CT molecular complexity index is 510. The Morgan fingerprint density at radius 1 is 1.17 bits per heavy atom. The van der Waals surface area contributed by atoms with Crippen molar-refractivity contribution in [3.8, 4) is 0 Å². The van der Waals surface area contributed by atoms with Crippen LogP contribution in [0.15, 0.2) is 40.2 Å². The fourth-order valence-corrected chi connectivity index (χ4v) is 3.12. The fraction of sp³-hybridized carbons (Fsp3) is 0.231. The van der Waals surface area contributed by atoms with Crippen LogP contribution in [0.25, 0.3) is 0 Å². The first kappa shape index (κ1) is 13.6. The van der Waals surface area contributed by atoms with Gasteiger partial charge in [-0.05, 0) is 27.6 Å². The third kappa shape index (κ3) is 3.37. The molecule has 1 aromatic carbocycles. The number of benzene rings is 1. The van der Waals surface area contributed by atoms with Crippen LogP contribution in [-0.2, 0) is 6.42 Å². The van der Waals surface area contributed by atoms with Gasteiger partial charge in [-0.3, -0.25) is 0 Å². The van der Waals surface area contributed by atoms with Gasteiger partial charge in [0.1, 0.15) is 0 Å². The number of halogens is 3. The number of hydrogen-bond acceptors (Lipinski definition) is 2. The maximum absolute atomic E-state index is 12.4. The largest absolute Gasteiger partial charge is 0.388 e. The van der Waals surface area contributed by atoms with Crippen molar-refractivity contribution in [3.05, 3.63) is 56.2 Å². The van der Waals surface area contributed by atoms with Crippen LogP contribution in [0.4, 0.5) is 8.78 Å². The molecule has 1 heterocycles. The van der Waals surface area contributed by atoms with Gasteiger partial charge in [0.2, 0.25) is 0 Å². The highest BCUT2D eigenvalue weighted by Gasteiger charge is 2.12. The molecule has 0 aliphatic heterocycles. The molecule has 0 radical (unpaired) electrons. The standard InChI is InChI=1S/C13H11BrF2OS/c14-10-5-11(18-7-10)6-12(17)8-1-3-9(4-2-8)13(15)16/h1-5,7,12-13,17H,6H2. The third-order valence-corrected chi connectivity index (χ3v) is 4.31. The van der Waals surface area contributed by atoms with E-state index in [1.807, 2.05) is 11.4 Å². The van der Waals surface area contributed by atoms with Crippen molar-refractivity contribution in [2.45, 2.75) is 19.0 Å². The second-order valence-electron chi connectivity index (χ2n) is 3.92. The first-order chi connectivity index (χ1) is 8.56. The van der Waals surface area contributed by atoms with Gasteiger partial charge in [-0.25, -0.2) is 8.78 Å². The molecule has 1 nitrogen and oxygen atoms in total. The summed E-state index contributed by atoms with van der Waals surface area (Å²) in [6.07, 6.45) is -2.64. The second kappa shape index (κ2) is 5.91. The van der Waals surface area contributed by atoms with Crippen LogP contribution >= 0.6 is 27.3 Å². The first-order valence-electron chi connectivity index (χ1n) is 5.35. The van der Waals surface area contributed by atoms with E-state index in [0.717, 1.165) is 9.35 Å². The fourth-order valence-electron chi connectivity index (χ4n) is 1.63. The van der Waals surface area contributed by atoms with Gasteiger partial charge in [0.05, 0.1) is 6.10 Å². The van der Waals surface area contributed by atoms with Crippen molar-refractivity contribution >= 4 is 27.3 Å². The molecule has 1 N–H and O–H groups in total. The van der Waals surface area contributed by atoms with Crippen LogP contribution in [0.2, 0.25) is 0 Å². The zero-order chi connectivity index (χ0) is 13.1. The molecule has 0 fully saturated rings. The third-order valence-electron chi connectivity index (χ3n) is 2.59. The summed E-state index contributed by atoms with van der Waals surface area (Å²) in [6, 6.07) is 7.76. The van der Waals surface area contributed by atoms with Crippen LogP contribution in [0.3, 0.4) is 0 Å². The van der Waals surface area contributed by atoms with Gasteiger partial charge in [0.15, 0.2) is 0 Å². The van der Waals surface area contributed by atoms with Gasteiger partial charge >= 0.3 is 0 Å². The minimum atomic E-state index is -2.47. The molecule has 0 saturated carbocycles. The lowest BCUT2D eigenvalue weighted by atomic mass is 10.0. The Kier molecular flexibility index (Phi) is 4.48. The van der Waals surface area contributed by atoms with Gasteiger partial charge in [0, 0.05) is 26.7 Å². The summed E-state index contributed by atoms with van der Waals surface area (Å²) < 4.78 is 25.8. The minimum absolute atomic E-state index is 0.0233. The Hall–Kier alpha value is -0.780. The highest BCUT2D eigenvalue weighted by atomic mass is 79.9. The zero-order valence-electron chi connectivity index (χ0n) is 9.32. The monoisotopic (exact) mass is 332 g/mol. The Labute approximate surface area is 116 Å². The van der Waals surface area contributed by atoms with E-state index in [-0.39, 0.29) is 5.56 Å². The van der Waals surface area contributed by atoms with Gasteiger partial charge in [-0.15, -0.1) is 11.3 Å². The smallest absolute Gasteiger partial charge is 0.263 e. The second-order valence-corrected chi connectivity index (χ2v) is 5.83. The van der Waals surface area contributed by atoms with E-state index in [0.29, 0.717) is 12.0 Å². The predicted octanol–water partition coefficient (Wildman–Crippen LogP) is 4.72. The maximum Gasteiger partial charge on any atom is 0.263 e. The van der Waals surface area contributed by atoms with Crippen LogP contribution in [0.1, 0.15) is 28.5 Å². The Morgan fingerprint density at radius 3 is 2.28 bits per heavy atom. The molecule has 5 heteroatoms. The average molecular weight is 333 g/mol. The number of hydrogen-bond donors (Lipinski definition) is 1. The number of alkyl halides is 2. The van der Waals surface area contributed by atoms with Crippen molar-refractivity contribution < 1.29 is 13.9 Å². The number of rotatable bonds is 4. The SMILES string of the molecule is OC(Cc1cc(Br)cs1)c1ccc(C(F)F)cc1. The molecule has 0 aliphatic carbocycles. The van der Waals surface area contributed by atoms with Crippen molar-refractivity contribution in [2.75, 3.05) is 0 Å². The molecule has 0 spiro atoms. The molecule has 1 unspecified atom stereocenters. The van der Waals surface area contributed by atoms with Crippen molar-refractivity contribution in [1.29, 1.82) is 0 Å². The summed E-state index contributed by atoms with van der Waals surface area (Å²) >= 11 is 4.90. The normalized spacial score (nSPS) is 12.9. The molecular formula is C13H11BrF2OS. The molecule has 1 aromatic heterocycles. The van der Waals surface area contributed by atoms with Gasteiger partial charge in [-0.2, -0.15) is 0 Å². The topological polar surface area (TPSA) is 20.2 Å². The van der Waals surface area contributed by atoms with Crippen LogP contribution in [0, 0.1) is 0 Å². The van der Waals surface area contributed by atoms with E-state index in [1.165, 1.54) is 12.1 Å². The molecule has 0 saturated heterocycles. The van der Waals surface area contributed by atoms with E-state index in [2.05, 4.69) is 15.9 Å². The summed E-state index contributed by atoms with van der Waals surface area (Å²) in [5, 5.41) is 12.0. The van der Waals surface area contributed by atoms with E-state index >= 15 is 0 Å². The van der Waals surface area contributed by atoms with Crippen LogP contribution < -0.4 is 0 Å². The van der Waals surface area contributed by atoms with Crippen LogP contribution in [0.5, 0.6) is 0 Å². The highest BCUT2D eigenvalue weighted by molar-refractivity contribution is 9.10. The number of aliphatic hydroxyl groups is 1. The van der Waals surface area contributed by atoms with E-state index in [4.69, 9.17) is 0 Å². The van der Waals surface area contributed by atoms with Gasteiger partial charge < -0.3 is 5.11 Å². The average Bonchev–Trinajstić information content (AvgIpc) is 2.75. The lowest BCUT2D eigenvalue weighted by Crippen LogP contribution is -2.00. The number of aliphatic hydroxyl groups excluding tert-OH is 1. The molecule has 0 aliphatic rings. The molecule has 0 bridgehead atoms.